The number of fused-ring (bicyclic) bond motifs is 6. The predicted octanol–water partition coefficient (Wildman–Crippen LogP) is 0.508. The molecule has 22 nitrogen and oxygen atoms in total. The van der Waals surface area contributed by atoms with Crippen molar-refractivity contribution in [1.29, 1.82) is 0 Å². The van der Waals surface area contributed by atoms with E-state index in [1.165, 1.54) is 0 Å². The lowest BCUT2D eigenvalue weighted by molar-refractivity contribution is -0.142. The Hall–Kier alpha value is -8.01. The van der Waals surface area contributed by atoms with Crippen LogP contribution in [-0.2, 0) is 23.7 Å². The molecule has 0 fully saturated rings. The van der Waals surface area contributed by atoms with E-state index in [1.807, 2.05) is 0 Å². The second kappa shape index (κ2) is 13.4. The molecule has 6 rings (SSSR count). The average molecular weight is 785 g/mol. The summed E-state index contributed by atoms with van der Waals surface area (Å²) >= 11 is 0. The minimum absolute atomic E-state index is 0.245. The van der Waals surface area contributed by atoms with Crippen molar-refractivity contribution in [3.8, 4) is 91.2 Å². The first-order chi connectivity index (χ1) is 26.3. The minimum Gasteiger partial charge on any atom is -0.504 e. The molecule has 0 saturated heterocycles. The second-order valence-corrected chi connectivity index (χ2v) is 12.0. The highest BCUT2D eigenvalue weighted by atomic mass is 16.6. The van der Waals surface area contributed by atoms with Crippen molar-refractivity contribution in [3.63, 3.8) is 0 Å². The Morgan fingerprint density at radius 2 is 0.750 bits per heavy atom. The van der Waals surface area contributed by atoms with Crippen molar-refractivity contribution >= 4 is 30.2 Å². The zero-order valence-electron chi connectivity index (χ0n) is 27.4. The van der Waals surface area contributed by atoms with Gasteiger partial charge in [0.15, 0.2) is 70.6 Å². The molecular formula is C34H24O22. The number of ether oxygens (including phenoxy) is 4. The van der Waals surface area contributed by atoms with Gasteiger partial charge in [-0.25, -0.2) is 19.2 Å². The summed E-state index contributed by atoms with van der Waals surface area (Å²) in [6.45, 7) is -1.32. The minimum atomic E-state index is -2.58. The molecule has 0 bridgehead atoms. The van der Waals surface area contributed by atoms with Crippen molar-refractivity contribution in [3.05, 3.63) is 46.5 Å². The standard InChI is InChI=1S/C34H24O22/c35-5-16-30(56-34(52)10-4-14(39)24(44)28(48)20(10)18-8(32(50)54-16)2-12(37)22(42)26(18)46)29-15(40)6-53-31(49)7-1-11(36)21(41)25(45)17(7)19-9(33(51)55-29)3-13(38)23(43)27(19)47/h1-5,15-16,29-30,36-48H,6H2/t15-,16+,29-,30-/m1/s1. The molecule has 13 N–H and O–H groups in total. The van der Waals surface area contributed by atoms with E-state index in [2.05, 4.69) is 0 Å². The van der Waals surface area contributed by atoms with Crippen LogP contribution in [0.3, 0.4) is 0 Å². The molecular weight excluding hydrogens is 760 g/mol. The molecule has 0 unspecified atom stereocenters. The van der Waals surface area contributed by atoms with Crippen LogP contribution < -0.4 is 0 Å². The summed E-state index contributed by atoms with van der Waals surface area (Å²) in [5.74, 6) is -22.9. The van der Waals surface area contributed by atoms with E-state index in [0.29, 0.717) is 24.3 Å². The van der Waals surface area contributed by atoms with Crippen LogP contribution in [-0.4, -0.2) is 128 Å². The van der Waals surface area contributed by atoms with E-state index in [-0.39, 0.29) is 6.29 Å². The SMILES string of the molecule is O=C[C@@H]1OC(=O)c2cc(O)c(O)c(O)c2-c2c(cc(O)c(O)c2O)C(=O)O[C@H]1[C@@H]1OC(=O)c2cc(O)c(O)c(O)c2-c2c(cc(O)c(O)c2O)C(=O)OC[C@H]1O. The lowest BCUT2D eigenvalue weighted by Crippen LogP contribution is -2.53. The Balaban J connectivity index is 1.58. The van der Waals surface area contributed by atoms with Crippen LogP contribution in [0.4, 0.5) is 0 Å². The van der Waals surface area contributed by atoms with Gasteiger partial charge in [-0.3, -0.25) is 4.79 Å². The number of aldehydes is 1. The number of cyclic esters (lactones) is 4. The maximum atomic E-state index is 14.0. The number of hydrogen-bond donors (Lipinski definition) is 13. The Labute approximate surface area is 308 Å². The van der Waals surface area contributed by atoms with Crippen LogP contribution in [0.5, 0.6) is 69.0 Å². The number of phenols is 12. The van der Waals surface area contributed by atoms with Crippen LogP contribution in [0.15, 0.2) is 24.3 Å². The predicted molar refractivity (Wildman–Crippen MR) is 174 cm³/mol. The first-order valence-corrected chi connectivity index (χ1v) is 15.4. The molecule has 2 aliphatic heterocycles. The molecule has 2 aliphatic rings. The first-order valence-electron chi connectivity index (χ1n) is 15.4. The maximum absolute atomic E-state index is 14.0. The van der Waals surface area contributed by atoms with Crippen molar-refractivity contribution in [2.24, 2.45) is 0 Å². The average Bonchev–Trinajstić information content (AvgIpc) is 3.17. The normalized spacial score (nSPS) is 19.7. The monoisotopic (exact) mass is 784 g/mol. The summed E-state index contributed by atoms with van der Waals surface area (Å²) in [7, 11) is 0. The first kappa shape index (κ1) is 37.7. The molecule has 0 aliphatic carbocycles. The van der Waals surface area contributed by atoms with Crippen LogP contribution in [0.25, 0.3) is 22.3 Å². The Morgan fingerprint density at radius 1 is 0.446 bits per heavy atom. The number of aromatic hydroxyl groups is 12. The summed E-state index contributed by atoms with van der Waals surface area (Å²) in [4.78, 5) is 67.4. The number of carbonyl (C=O) groups excluding carboxylic acids is 5. The maximum Gasteiger partial charge on any atom is 0.339 e. The summed E-state index contributed by atoms with van der Waals surface area (Å²) in [6, 6.07) is 1.71. The van der Waals surface area contributed by atoms with Crippen molar-refractivity contribution in [1.82, 2.24) is 0 Å². The number of esters is 4. The number of benzene rings is 4. The molecule has 4 aromatic rings. The molecule has 0 radical (unpaired) electrons. The number of carbonyl (C=O) groups is 5. The van der Waals surface area contributed by atoms with Crippen molar-refractivity contribution in [2.75, 3.05) is 6.61 Å². The van der Waals surface area contributed by atoms with Crippen LogP contribution in [0.1, 0.15) is 41.4 Å². The lowest BCUT2D eigenvalue weighted by Gasteiger charge is -2.33. The summed E-state index contributed by atoms with van der Waals surface area (Å²) in [5.41, 5.74) is -8.34. The smallest absolute Gasteiger partial charge is 0.339 e. The molecule has 292 valence electrons. The van der Waals surface area contributed by atoms with Gasteiger partial charge in [-0.2, -0.15) is 0 Å². The molecule has 2 heterocycles. The number of aliphatic hydroxyl groups is 1. The largest absolute Gasteiger partial charge is 0.504 e. The molecule has 0 amide bonds. The Kier molecular flexibility index (Phi) is 9.06. The molecule has 22 heteroatoms. The van der Waals surface area contributed by atoms with E-state index in [1.54, 1.807) is 0 Å². The Morgan fingerprint density at radius 3 is 1.09 bits per heavy atom. The Bertz CT molecular complexity index is 2420. The highest BCUT2D eigenvalue weighted by Gasteiger charge is 2.46. The van der Waals surface area contributed by atoms with Gasteiger partial charge >= 0.3 is 23.9 Å². The molecule has 4 atom stereocenters. The number of aliphatic hydroxyl groups excluding tert-OH is 1. The zero-order chi connectivity index (χ0) is 41.2. The van der Waals surface area contributed by atoms with E-state index in [4.69, 9.17) is 18.9 Å². The fourth-order valence-corrected chi connectivity index (χ4v) is 5.99. The third-order valence-corrected chi connectivity index (χ3v) is 8.67. The summed E-state index contributed by atoms with van der Waals surface area (Å²) < 4.78 is 20.9. The van der Waals surface area contributed by atoms with Gasteiger partial charge in [0.25, 0.3) is 0 Å². The van der Waals surface area contributed by atoms with Crippen LogP contribution in [0, 0.1) is 0 Å². The molecule has 4 aromatic carbocycles. The third kappa shape index (κ3) is 5.77. The molecule has 0 saturated carbocycles. The second-order valence-electron chi connectivity index (χ2n) is 12.0. The topological polar surface area (TPSA) is 385 Å². The third-order valence-electron chi connectivity index (χ3n) is 8.67. The van der Waals surface area contributed by atoms with Gasteiger partial charge in [-0.1, -0.05) is 0 Å². The fraction of sp³-hybridized carbons (Fsp3) is 0.147. The van der Waals surface area contributed by atoms with Gasteiger partial charge in [0.1, 0.15) is 12.7 Å². The highest BCUT2D eigenvalue weighted by molar-refractivity contribution is 6.10. The fourth-order valence-electron chi connectivity index (χ4n) is 5.99. The van der Waals surface area contributed by atoms with Crippen molar-refractivity contribution < 1.29 is 109 Å². The quantitative estimate of drug-likeness (QED) is 0.0569. The number of phenolic OH excluding ortho intramolecular Hbond substituents is 12. The number of hydrogen-bond acceptors (Lipinski definition) is 22. The molecule has 0 spiro atoms. The van der Waals surface area contributed by atoms with Gasteiger partial charge in [0.2, 0.25) is 23.0 Å². The van der Waals surface area contributed by atoms with Crippen molar-refractivity contribution in [2.45, 2.75) is 24.4 Å². The number of rotatable bonds is 2. The van der Waals surface area contributed by atoms with E-state index < -0.39 is 168 Å². The van der Waals surface area contributed by atoms with Crippen LogP contribution >= 0.6 is 0 Å². The summed E-state index contributed by atoms with van der Waals surface area (Å²) in [6.07, 6.45) is -10.4. The van der Waals surface area contributed by atoms with Gasteiger partial charge < -0.3 is 85.3 Å². The molecule has 56 heavy (non-hydrogen) atoms. The molecule has 0 aromatic heterocycles. The van der Waals surface area contributed by atoms with Crippen LogP contribution in [0.2, 0.25) is 0 Å². The van der Waals surface area contributed by atoms with E-state index in [9.17, 15) is 90.4 Å². The highest BCUT2D eigenvalue weighted by Crippen LogP contribution is 2.54. The van der Waals surface area contributed by atoms with E-state index >= 15 is 0 Å². The van der Waals surface area contributed by atoms with Gasteiger partial charge in [-0.05, 0) is 24.3 Å². The van der Waals surface area contributed by atoms with Gasteiger partial charge in [0, 0.05) is 22.3 Å². The van der Waals surface area contributed by atoms with Gasteiger partial charge in [-0.15, -0.1) is 0 Å². The zero-order valence-corrected chi connectivity index (χ0v) is 27.4. The van der Waals surface area contributed by atoms with Gasteiger partial charge in [0.05, 0.1) is 22.3 Å². The van der Waals surface area contributed by atoms with E-state index in [0.717, 1.165) is 0 Å². The lowest BCUT2D eigenvalue weighted by atomic mass is 9.91. The summed E-state index contributed by atoms with van der Waals surface area (Å²) in [5, 5.41) is 137.